The molecule has 10 heteroatoms. The standard InChI is InChI=1S/C23H23BrN4O4S/c1-5-11-32-22-19(24)12-17(13-20(22)31-6-2)21(14-27(29)30)33-23-26-25-16(4)28(23)18-9-7-15(3)8-10-18/h1,7-10,12-13,21H,6,11,14H2,2-4H3/t21-/m0/s1. The molecule has 172 valence electrons. The van der Waals surface area contributed by atoms with Crippen LogP contribution in [0.15, 0.2) is 46.0 Å². The van der Waals surface area contributed by atoms with Gasteiger partial charge in [-0.1, -0.05) is 35.4 Å². The molecule has 0 saturated heterocycles. The molecule has 0 radical (unpaired) electrons. The lowest BCUT2D eigenvalue weighted by molar-refractivity contribution is -0.479. The van der Waals surface area contributed by atoms with Crippen LogP contribution in [0.2, 0.25) is 0 Å². The van der Waals surface area contributed by atoms with Crippen LogP contribution < -0.4 is 9.47 Å². The minimum atomic E-state index is -0.551. The van der Waals surface area contributed by atoms with Crippen molar-refractivity contribution in [1.82, 2.24) is 14.8 Å². The minimum Gasteiger partial charge on any atom is -0.490 e. The van der Waals surface area contributed by atoms with Crippen LogP contribution in [0, 0.1) is 36.3 Å². The summed E-state index contributed by atoms with van der Waals surface area (Å²) >= 11 is 4.77. The first kappa shape index (κ1) is 24.6. The first-order valence-electron chi connectivity index (χ1n) is 10.1. The van der Waals surface area contributed by atoms with Crippen LogP contribution in [-0.4, -0.2) is 39.4 Å². The highest BCUT2D eigenvalue weighted by atomic mass is 79.9. The Balaban J connectivity index is 2.02. The van der Waals surface area contributed by atoms with Gasteiger partial charge in [-0.3, -0.25) is 14.7 Å². The van der Waals surface area contributed by atoms with Gasteiger partial charge < -0.3 is 9.47 Å². The van der Waals surface area contributed by atoms with Crippen molar-refractivity contribution in [3.05, 3.63) is 67.9 Å². The van der Waals surface area contributed by atoms with Gasteiger partial charge in [0.2, 0.25) is 6.54 Å². The molecule has 0 aliphatic carbocycles. The SMILES string of the molecule is C#CCOc1c(Br)cc([C@H](C[N+](=O)[O-])Sc2nnc(C)n2-c2ccc(C)cc2)cc1OCC. The fourth-order valence-electron chi connectivity index (χ4n) is 3.17. The molecule has 3 rings (SSSR count). The zero-order valence-electron chi connectivity index (χ0n) is 18.4. The Labute approximate surface area is 205 Å². The molecule has 0 unspecified atom stereocenters. The molecular formula is C23H23BrN4O4S. The van der Waals surface area contributed by atoms with Crippen LogP contribution in [0.1, 0.15) is 29.1 Å². The molecule has 0 fully saturated rings. The van der Waals surface area contributed by atoms with Gasteiger partial charge in [-0.15, -0.1) is 16.6 Å². The lowest BCUT2D eigenvalue weighted by atomic mass is 10.1. The maximum absolute atomic E-state index is 11.5. The van der Waals surface area contributed by atoms with Crippen LogP contribution >= 0.6 is 27.7 Å². The van der Waals surface area contributed by atoms with Gasteiger partial charge in [-0.05, 0) is 66.5 Å². The number of hydrogen-bond donors (Lipinski definition) is 0. The first-order valence-corrected chi connectivity index (χ1v) is 11.8. The van der Waals surface area contributed by atoms with Gasteiger partial charge in [0.15, 0.2) is 16.7 Å². The molecule has 2 aromatic carbocycles. The number of nitro groups is 1. The summed E-state index contributed by atoms with van der Waals surface area (Å²) < 4.78 is 13.8. The van der Waals surface area contributed by atoms with Gasteiger partial charge in [0.1, 0.15) is 17.7 Å². The van der Waals surface area contributed by atoms with Crippen LogP contribution in [-0.2, 0) is 0 Å². The molecule has 0 aliphatic rings. The predicted molar refractivity (Wildman–Crippen MR) is 131 cm³/mol. The van der Waals surface area contributed by atoms with Crippen molar-refractivity contribution in [1.29, 1.82) is 0 Å². The largest absolute Gasteiger partial charge is 0.490 e. The van der Waals surface area contributed by atoms with E-state index >= 15 is 0 Å². The Morgan fingerprint density at radius 2 is 1.97 bits per heavy atom. The lowest BCUT2D eigenvalue weighted by Crippen LogP contribution is -2.12. The van der Waals surface area contributed by atoms with Crippen molar-refractivity contribution < 1.29 is 14.4 Å². The van der Waals surface area contributed by atoms with Gasteiger partial charge in [0.05, 0.1) is 11.1 Å². The predicted octanol–water partition coefficient (Wildman–Crippen LogP) is 5.17. The van der Waals surface area contributed by atoms with E-state index in [0.717, 1.165) is 11.3 Å². The van der Waals surface area contributed by atoms with E-state index in [9.17, 15) is 10.1 Å². The van der Waals surface area contributed by atoms with Crippen molar-refractivity contribution >= 4 is 27.7 Å². The molecule has 0 aliphatic heterocycles. The quantitative estimate of drug-likeness (QED) is 0.154. The number of hydrogen-bond acceptors (Lipinski definition) is 7. The third-order valence-electron chi connectivity index (χ3n) is 4.65. The second kappa shape index (κ2) is 11.2. The Bertz CT molecular complexity index is 1170. The topological polar surface area (TPSA) is 92.3 Å². The second-order valence-electron chi connectivity index (χ2n) is 7.08. The normalized spacial score (nSPS) is 11.6. The summed E-state index contributed by atoms with van der Waals surface area (Å²) in [6.07, 6.45) is 5.32. The Morgan fingerprint density at radius 1 is 1.24 bits per heavy atom. The number of aromatic nitrogens is 3. The average Bonchev–Trinajstić information content (AvgIpc) is 3.13. The summed E-state index contributed by atoms with van der Waals surface area (Å²) in [7, 11) is 0. The Hall–Kier alpha value is -3.03. The van der Waals surface area contributed by atoms with E-state index in [4.69, 9.17) is 15.9 Å². The highest BCUT2D eigenvalue weighted by molar-refractivity contribution is 9.10. The molecule has 1 heterocycles. The summed E-state index contributed by atoms with van der Waals surface area (Å²) in [5.41, 5.74) is 2.71. The van der Waals surface area contributed by atoms with E-state index in [1.807, 2.05) is 49.6 Å². The van der Waals surface area contributed by atoms with E-state index in [1.54, 1.807) is 12.1 Å². The molecule has 0 saturated carbocycles. The van der Waals surface area contributed by atoms with Gasteiger partial charge in [0, 0.05) is 10.6 Å². The van der Waals surface area contributed by atoms with Gasteiger partial charge in [-0.2, -0.15) is 0 Å². The number of terminal acetylenes is 1. The number of ether oxygens (including phenoxy) is 2. The van der Waals surface area contributed by atoms with E-state index < -0.39 is 5.25 Å². The van der Waals surface area contributed by atoms with E-state index in [1.165, 1.54) is 11.8 Å². The molecule has 3 aromatic rings. The molecule has 0 bridgehead atoms. The van der Waals surface area contributed by atoms with Gasteiger partial charge in [-0.25, -0.2) is 0 Å². The number of nitrogens with zero attached hydrogens (tertiary/aromatic N) is 4. The summed E-state index contributed by atoms with van der Waals surface area (Å²) in [5, 5.41) is 20.0. The van der Waals surface area contributed by atoms with Crippen LogP contribution in [0.25, 0.3) is 5.69 Å². The zero-order chi connectivity index (χ0) is 24.0. The third-order valence-corrected chi connectivity index (χ3v) is 6.42. The molecular weight excluding hydrogens is 508 g/mol. The fraction of sp³-hybridized carbons (Fsp3) is 0.304. The summed E-state index contributed by atoms with van der Waals surface area (Å²) in [6, 6.07) is 11.5. The smallest absolute Gasteiger partial charge is 0.220 e. The van der Waals surface area contributed by atoms with Crippen molar-refractivity contribution in [3.8, 4) is 29.5 Å². The lowest BCUT2D eigenvalue weighted by Gasteiger charge is -2.18. The van der Waals surface area contributed by atoms with Crippen molar-refractivity contribution in [2.75, 3.05) is 19.8 Å². The van der Waals surface area contributed by atoms with Crippen molar-refractivity contribution in [2.45, 2.75) is 31.2 Å². The third kappa shape index (κ3) is 6.06. The van der Waals surface area contributed by atoms with Crippen molar-refractivity contribution in [3.63, 3.8) is 0 Å². The highest BCUT2D eigenvalue weighted by Gasteiger charge is 2.26. The molecule has 1 aromatic heterocycles. The second-order valence-corrected chi connectivity index (χ2v) is 9.10. The van der Waals surface area contributed by atoms with Crippen LogP contribution in [0.3, 0.4) is 0 Å². The van der Waals surface area contributed by atoms with Crippen LogP contribution in [0.5, 0.6) is 11.5 Å². The number of thioether (sulfide) groups is 1. The summed E-state index contributed by atoms with van der Waals surface area (Å²) in [4.78, 5) is 11.2. The number of rotatable bonds is 10. The van der Waals surface area contributed by atoms with Gasteiger partial charge in [0.25, 0.3) is 0 Å². The Kier molecular flexibility index (Phi) is 8.36. The van der Waals surface area contributed by atoms with Crippen molar-refractivity contribution in [2.24, 2.45) is 0 Å². The number of halogens is 1. The molecule has 0 spiro atoms. The molecule has 1 atom stereocenters. The molecule has 8 nitrogen and oxygen atoms in total. The Morgan fingerprint density at radius 3 is 2.61 bits per heavy atom. The maximum Gasteiger partial charge on any atom is 0.220 e. The maximum atomic E-state index is 11.5. The number of benzene rings is 2. The average molecular weight is 531 g/mol. The fourth-order valence-corrected chi connectivity index (χ4v) is 4.90. The monoisotopic (exact) mass is 530 g/mol. The minimum absolute atomic E-state index is 0.0734. The van der Waals surface area contributed by atoms with E-state index in [0.29, 0.717) is 39.1 Å². The molecule has 33 heavy (non-hydrogen) atoms. The first-order chi connectivity index (χ1) is 15.8. The zero-order valence-corrected chi connectivity index (χ0v) is 20.9. The van der Waals surface area contributed by atoms with E-state index in [2.05, 4.69) is 32.0 Å². The number of aryl methyl sites for hydroxylation is 2. The summed E-state index contributed by atoms with van der Waals surface area (Å²) in [5.74, 6) is 4.04. The molecule has 0 amide bonds. The highest BCUT2D eigenvalue weighted by Crippen LogP contribution is 2.43. The van der Waals surface area contributed by atoms with E-state index in [-0.39, 0.29) is 18.1 Å². The van der Waals surface area contributed by atoms with Crippen LogP contribution in [0.4, 0.5) is 0 Å². The molecule has 0 N–H and O–H groups in total. The van der Waals surface area contributed by atoms with Gasteiger partial charge >= 0.3 is 0 Å². The summed E-state index contributed by atoms with van der Waals surface area (Å²) in [6.45, 7) is 5.87.